The molecule has 6 nitrogen and oxygen atoms in total. The van der Waals surface area contributed by atoms with E-state index in [2.05, 4.69) is 10.3 Å². The van der Waals surface area contributed by atoms with Crippen molar-refractivity contribution in [1.29, 1.82) is 0 Å². The third-order valence-electron chi connectivity index (χ3n) is 3.69. The SMILES string of the molecule is CN(C)S(=O)(=O)c1cccc(C(=O)CNc2nc3ccc(F)cc3s2)c1. The van der Waals surface area contributed by atoms with E-state index in [-0.39, 0.29) is 28.6 Å². The van der Waals surface area contributed by atoms with E-state index >= 15 is 0 Å². The summed E-state index contributed by atoms with van der Waals surface area (Å²) in [5.41, 5.74) is 0.929. The summed E-state index contributed by atoms with van der Waals surface area (Å²) < 4.78 is 39.3. The number of aromatic nitrogens is 1. The van der Waals surface area contributed by atoms with Crippen LogP contribution < -0.4 is 5.32 Å². The van der Waals surface area contributed by atoms with Gasteiger partial charge < -0.3 is 5.32 Å². The van der Waals surface area contributed by atoms with Crippen LogP contribution in [-0.2, 0) is 10.0 Å². The summed E-state index contributed by atoms with van der Waals surface area (Å²) in [7, 11) is -0.743. The van der Waals surface area contributed by atoms with Gasteiger partial charge in [0.1, 0.15) is 5.82 Å². The minimum Gasteiger partial charge on any atom is -0.354 e. The number of fused-ring (bicyclic) bond motifs is 1. The molecule has 0 atom stereocenters. The quantitative estimate of drug-likeness (QED) is 0.652. The van der Waals surface area contributed by atoms with Gasteiger partial charge >= 0.3 is 0 Å². The Balaban J connectivity index is 1.75. The molecule has 0 unspecified atom stereocenters. The van der Waals surface area contributed by atoms with Crippen molar-refractivity contribution in [3.05, 3.63) is 53.8 Å². The summed E-state index contributed by atoms with van der Waals surface area (Å²) in [5.74, 6) is -0.617. The average molecular weight is 393 g/mol. The third-order valence-corrected chi connectivity index (χ3v) is 6.47. The third kappa shape index (κ3) is 3.74. The number of ketones is 1. The van der Waals surface area contributed by atoms with Gasteiger partial charge in [0.05, 0.1) is 21.7 Å². The molecule has 1 N–H and O–H groups in total. The highest BCUT2D eigenvalue weighted by atomic mass is 32.2. The lowest BCUT2D eigenvalue weighted by Crippen LogP contribution is -2.22. The smallest absolute Gasteiger partial charge is 0.242 e. The first kappa shape index (κ1) is 18.4. The van der Waals surface area contributed by atoms with Crippen LogP contribution in [0.3, 0.4) is 0 Å². The van der Waals surface area contributed by atoms with Crippen molar-refractivity contribution in [2.45, 2.75) is 4.90 Å². The van der Waals surface area contributed by atoms with Gasteiger partial charge in [0.25, 0.3) is 0 Å². The van der Waals surface area contributed by atoms with E-state index in [1.807, 2.05) is 0 Å². The number of carbonyl (C=O) groups excluding carboxylic acids is 1. The zero-order chi connectivity index (χ0) is 18.9. The Morgan fingerprint density at radius 3 is 2.73 bits per heavy atom. The Kier molecular flexibility index (Phi) is 5.03. The van der Waals surface area contributed by atoms with Crippen molar-refractivity contribution in [3.63, 3.8) is 0 Å². The fraction of sp³-hybridized carbons (Fsp3) is 0.176. The first-order valence-electron chi connectivity index (χ1n) is 7.63. The molecule has 1 heterocycles. The number of rotatable bonds is 6. The van der Waals surface area contributed by atoms with E-state index in [0.717, 1.165) is 4.31 Å². The highest BCUT2D eigenvalue weighted by Crippen LogP contribution is 2.26. The number of carbonyl (C=O) groups is 1. The summed E-state index contributed by atoms with van der Waals surface area (Å²) in [5, 5.41) is 3.40. The van der Waals surface area contributed by atoms with Gasteiger partial charge in [0, 0.05) is 19.7 Å². The topological polar surface area (TPSA) is 79.4 Å². The predicted octanol–water partition coefficient (Wildman–Crippen LogP) is 2.98. The number of Topliss-reactive ketones (excluding diaryl/α,β-unsaturated/α-hetero) is 1. The molecule has 0 fully saturated rings. The van der Waals surface area contributed by atoms with Crippen LogP contribution in [0.2, 0.25) is 0 Å². The summed E-state index contributed by atoms with van der Waals surface area (Å²) in [6.45, 7) is -0.0478. The molecule has 0 amide bonds. The zero-order valence-corrected chi connectivity index (χ0v) is 15.7. The molecule has 3 aromatic rings. The number of benzene rings is 2. The first-order valence-corrected chi connectivity index (χ1v) is 9.89. The second kappa shape index (κ2) is 7.10. The fourth-order valence-corrected chi connectivity index (χ4v) is 4.11. The number of anilines is 1. The van der Waals surface area contributed by atoms with Crippen molar-refractivity contribution in [2.75, 3.05) is 26.0 Å². The van der Waals surface area contributed by atoms with Gasteiger partial charge in [-0.15, -0.1) is 0 Å². The molecule has 0 saturated carbocycles. The van der Waals surface area contributed by atoms with E-state index < -0.39 is 10.0 Å². The predicted molar refractivity (Wildman–Crippen MR) is 99.7 cm³/mol. The molecule has 0 aliphatic heterocycles. The summed E-state index contributed by atoms with van der Waals surface area (Å²) in [6.07, 6.45) is 0. The Bertz CT molecular complexity index is 1080. The minimum atomic E-state index is -3.61. The van der Waals surface area contributed by atoms with Gasteiger partial charge in [0.15, 0.2) is 10.9 Å². The van der Waals surface area contributed by atoms with E-state index in [4.69, 9.17) is 0 Å². The molecule has 1 aromatic heterocycles. The monoisotopic (exact) mass is 393 g/mol. The van der Waals surface area contributed by atoms with Crippen molar-refractivity contribution in [1.82, 2.24) is 9.29 Å². The van der Waals surface area contributed by atoms with Crippen molar-refractivity contribution in [3.8, 4) is 0 Å². The fourth-order valence-electron chi connectivity index (χ4n) is 2.27. The van der Waals surface area contributed by atoms with Gasteiger partial charge in [-0.2, -0.15) is 0 Å². The van der Waals surface area contributed by atoms with Gasteiger partial charge in [-0.1, -0.05) is 23.5 Å². The van der Waals surface area contributed by atoms with E-state index in [1.54, 1.807) is 12.1 Å². The lowest BCUT2D eigenvalue weighted by molar-refractivity contribution is 0.101. The summed E-state index contributed by atoms with van der Waals surface area (Å²) >= 11 is 1.24. The molecule has 0 saturated heterocycles. The Labute approximate surface area is 154 Å². The van der Waals surface area contributed by atoms with Gasteiger partial charge in [-0.05, 0) is 30.3 Å². The number of sulfonamides is 1. The second-order valence-corrected chi connectivity index (χ2v) is 8.91. The standard InChI is InChI=1S/C17H16FN3O3S2/c1-21(2)26(23,24)13-5-3-4-11(8-13)15(22)10-19-17-20-14-7-6-12(18)9-16(14)25-17/h3-9H,10H2,1-2H3,(H,19,20). The van der Waals surface area contributed by atoms with Crippen LogP contribution in [-0.4, -0.2) is 44.1 Å². The van der Waals surface area contributed by atoms with Gasteiger partial charge in [0.2, 0.25) is 10.0 Å². The first-order chi connectivity index (χ1) is 12.3. The minimum absolute atomic E-state index is 0.0478. The van der Waals surface area contributed by atoms with Crippen molar-refractivity contribution < 1.29 is 17.6 Å². The van der Waals surface area contributed by atoms with E-state index in [0.29, 0.717) is 15.3 Å². The van der Waals surface area contributed by atoms with Crippen LogP contribution in [0.4, 0.5) is 9.52 Å². The van der Waals surface area contributed by atoms with Crippen LogP contribution in [0.25, 0.3) is 10.2 Å². The van der Waals surface area contributed by atoms with Crippen LogP contribution in [0.1, 0.15) is 10.4 Å². The molecule has 26 heavy (non-hydrogen) atoms. The van der Waals surface area contributed by atoms with Crippen LogP contribution >= 0.6 is 11.3 Å². The lowest BCUT2D eigenvalue weighted by Gasteiger charge is -2.12. The number of nitrogens with zero attached hydrogens (tertiary/aromatic N) is 2. The largest absolute Gasteiger partial charge is 0.354 e. The van der Waals surface area contributed by atoms with Crippen molar-refractivity contribution >= 4 is 42.5 Å². The number of thiazole rings is 1. The number of halogens is 1. The van der Waals surface area contributed by atoms with E-state index in [9.17, 15) is 17.6 Å². The number of nitrogens with one attached hydrogen (secondary N) is 1. The van der Waals surface area contributed by atoms with Crippen LogP contribution in [0.15, 0.2) is 47.4 Å². The molecule has 136 valence electrons. The molecule has 0 aliphatic carbocycles. The summed E-state index contributed by atoms with van der Waals surface area (Å²) in [6, 6.07) is 10.2. The lowest BCUT2D eigenvalue weighted by atomic mass is 10.1. The Hall–Kier alpha value is -2.36. The molecule has 0 bridgehead atoms. The Morgan fingerprint density at radius 2 is 2.00 bits per heavy atom. The van der Waals surface area contributed by atoms with E-state index in [1.165, 1.54) is 55.8 Å². The maximum atomic E-state index is 13.2. The highest BCUT2D eigenvalue weighted by Gasteiger charge is 2.18. The molecule has 3 rings (SSSR count). The van der Waals surface area contributed by atoms with Crippen LogP contribution in [0.5, 0.6) is 0 Å². The van der Waals surface area contributed by atoms with Crippen LogP contribution in [0, 0.1) is 5.82 Å². The molecule has 2 aromatic carbocycles. The normalized spacial score (nSPS) is 11.8. The Morgan fingerprint density at radius 1 is 1.23 bits per heavy atom. The molecule has 0 spiro atoms. The van der Waals surface area contributed by atoms with Crippen molar-refractivity contribution in [2.24, 2.45) is 0 Å². The zero-order valence-electron chi connectivity index (χ0n) is 14.1. The molecular weight excluding hydrogens is 377 g/mol. The molecule has 0 radical (unpaired) electrons. The molecule has 0 aliphatic rings. The second-order valence-electron chi connectivity index (χ2n) is 5.72. The highest BCUT2D eigenvalue weighted by molar-refractivity contribution is 7.89. The summed E-state index contributed by atoms with van der Waals surface area (Å²) in [4.78, 5) is 16.7. The number of hydrogen-bond acceptors (Lipinski definition) is 6. The molecule has 9 heteroatoms. The molecular formula is C17H16FN3O3S2. The average Bonchev–Trinajstić information content (AvgIpc) is 3.01. The van der Waals surface area contributed by atoms with Gasteiger partial charge in [-0.3, -0.25) is 4.79 Å². The maximum Gasteiger partial charge on any atom is 0.242 e. The maximum absolute atomic E-state index is 13.2. The number of hydrogen-bond donors (Lipinski definition) is 1. The van der Waals surface area contributed by atoms with Gasteiger partial charge in [-0.25, -0.2) is 22.1 Å².